The Balaban J connectivity index is 3.03. The first-order valence-electron chi connectivity index (χ1n) is 4.82. The fourth-order valence-electron chi connectivity index (χ4n) is 1.18. The zero-order valence-electron chi connectivity index (χ0n) is 9.19. The fourth-order valence-corrected chi connectivity index (χ4v) is 1.18. The van der Waals surface area contributed by atoms with E-state index in [0.29, 0.717) is 0 Å². The van der Waals surface area contributed by atoms with E-state index in [0.717, 1.165) is 0 Å². The average Bonchev–Trinajstić information content (AvgIpc) is 2.16. The first-order chi connectivity index (χ1) is 7.41. The minimum Gasteiger partial charge on any atom is -0.459 e. The molecule has 0 aliphatic heterocycles. The van der Waals surface area contributed by atoms with Gasteiger partial charge in [0.05, 0.1) is 17.2 Å². The van der Waals surface area contributed by atoms with Gasteiger partial charge in [-0.2, -0.15) is 0 Å². The van der Waals surface area contributed by atoms with E-state index in [-0.39, 0.29) is 22.9 Å². The Morgan fingerprint density at radius 1 is 1.31 bits per heavy atom. The lowest BCUT2D eigenvalue weighted by atomic mass is 10.1. The lowest BCUT2D eigenvalue weighted by Gasteiger charge is -2.09. The Bertz CT molecular complexity index is 427. The van der Waals surface area contributed by atoms with Gasteiger partial charge in [-0.1, -0.05) is 0 Å². The molecule has 0 bridgehead atoms. The van der Waals surface area contributed by atoms with Crippen LogP contribution in [-0.2, 0) is 4.74 Å². The fraction of sp³-hybridized carbons (Fsp3) is 0.273. The first kappa shape index (κ1) is 12.0. The van der Waals surface area contributed by atoms with Crippen LogP contribution in [0.1, 0.15) is 34.6 Å². The van der Waals surface area contributed by atoms with Gasteiger partial charge in [0.25, 0.3) is 5.91 Å². The summed E-state index contributed by atoms with van der Waals surface area (Å²) in [4.78, 5) is 22.5. The highest BCUT2D eigenvalue weighted by Gasteiger charge is 2.13. The van der Waals surface area contributed by atoms with Crippen molar-refractivity contribution in [3.05, 3.63) is 29.3 Å². The minimum atomic E-state index is -0.670. The van der Waals surface area contributed by atoms with Gasteiger partial charge in [0, 0.05) is 5.69 Å². The van der Waals surface area contributed by atoms with Gasteiger partial charge in [-0.3, -0.25) is 4.79 Å². The Kier molecular flexibility index (Phi) is 3.50. The molecule has 0 unspecified atom stereocenters. The number of rotatable bonds is 3. The zero-order chi connectivity index (χ0) is 12.3. The lowest BCUT2D eigenvalue weighted by molar-refractivity contribution is 0.0378. The summed E-state index contributed by atoms with van der Waals surface area (Å²) in [7, 11) is 0. The molecule has 0 aliphatic rings. The number of esters is 1. The third-order valence-electron chi connectivity index (χ3n) is 1.90. The highest BCUT2D eigenvalue weighted by atomic mass is 16.5. The van der Waals surface area contributed by atoms with Crippen molar-refractivity contribution in [2.75, 3.05) is 5.73 Å². The molecular weight excluding hydrogens is 208 g/mol. The summed E-state index contributed by atoms with van der Waals surface area (Å²) in [6, 6.07) is 4.28. The van der Waals surface area contributed by atoms with Crippen molar-refractivity contribution in [3.63, 3.8) is 0 Å². The van der Waals surface area contributed by atoms with E-state index >= 15 is 0 Å². The number of nitrogen functional groups attached to an aromatic ring is 1. The zero-order valence-corrected chi connectivity index (χ0v) is 9.19. The van der Waals surface area contributed by atoms with Crippen LogP contribution in [0.2, 0.25) is 0 Å². The largest absolute Gasteiger partial charge is 0.459 e. The molecule has 4 N–H and O–H groups in total. The maximum absolute atomic E-state index is 11.5. The molecule has 16 heavy (non-hydrogen) atoms. The van der Waals surface area contributed by atoms with Crippen LogP contribution in [0.5, 0.6) is 0 Å². The summed E-state index contributed by atoms with van der Waals surface area (Å²) in [6.45, 7) is 3.48. The van der Waals surface area contributed by atoms with Gasteiger partial charge in [0.1, 0.15) is 0 Å². The molecule has 86 valence electrons. The summed E-state index contributed by atoms with van der Waals surface area (Å²) in [5.74, 6) is -1.17. The van der Waals surface area contributed by atoms with Crippen molar-refractivity contribution in [1.82, 2.24) is 0 Å². The molecule has 0 aromatic heterocycles. The molecule has 5 nitrogen and oxygen atoms in total. The predicted molar refractivity (Wildman–Crippen MR) is 59.9 cm³/mol. The van der Waals surface area contributed by atoms with Crippen molar-refractivity contribution < 1.29 is 14.3 Å². The van der Waals surface area contributed by atoms with E-state index in [1.807, 2.05) is 0 Å². The van der Waals surface area contributed by atoms with Gasteiger partial charge in [0.15, 0.2) is 0 Å². The number of hydrogen-bond donors (Lipinski definition) is 2. The number of carbonyl (C=O) groups is 2. The van der Waals surface area contributed by atoms with Crippen molar-refractivity contribution in [1.29, 1.82) is 0 Å². The molecule has 0 radical (unpaired) electrons. The van der Waals surface area contributed by atoms with E-state index in [4.69, 9.17) is 16.2 Å². The summed E-state index contributed by atoms with van der Waals surface area (Å²) in [5, 5.41) is 0. The molecular formula is C11H14N2O3. The molecule has 1 aromatic carbocycles. The summed E-state index contributed by atoms with van der Waals surface area (Å²) in [6.07, 6.45) is -0.220. The number of anilines is 1. The summed E-state index contributed by atoms with van der Waals surface area (Å²) >= 11 is 0. The van der Waals surface area contributed by atoms with E-state index in [2.05, 4.69) is 0 Å². The van der Waals surface area contributed by atoms with Gasteiger partial charge < -0.3 is 16.2 Å². The van der Waals surface area contributed by atoms with Crippen molar-refractivity contribution in [2.45, 2.75) is 20.0 Å². The number of hydrogen-bond acceptors (Lipinski definition) is 4. The van der Waals surface area contributed by atoms with Crippen molar-refractivity contribution in [3.8, 4) is 0 Å². The van der Waals surface area contributed by atoms with Crippen LogP contribution in [0.25, 0.3) is 0 Å². The Morgan fingerprint density at radius 2 is 1.94 bits per heavy atom. The second kappa shape index (κ2) is 4.65. The molecule has 0 fully saturated rings. The van der Waals surface area contributed by atoms with Crippen LogP contribution < -0.4 is 11.5 Å². The standard InChI is InChI=1S/C11H14N2O3/c1-6(2)16-11(15)7-3-4-9(12)8(5-7)10(13)14/h3-6H,12H2,1-2H3,(H2,13,14). The maximum atomic E-state index is 11.5. The van der Waals surface area contributed by atoms with Gasteiger partial charge in [-0.25, -0.2) is 4.79 Å². The summed E-state index contributed by atoms with van der Waals surface area (Å²) in [5.41, 5.74) is 11.3. The van der Waals surface area contributed by atoms with E-state index in [1.54, 1.807) is 13.8 Å². The number of primary amides is 1. The van der Waals surface area contributed by atoms with Crippen molar-refractivity contribution in [2.24, 2.45) is 5.73 Å². The average molecular weight is 222 g/mol. The molecule has 0 spiro atoms. The second-order valence-corrected chi connectivity index (χ2v) is 3.62. The molecule has 1 rings (SSSR count). The molecule has 0 aliphatic carbocycles. The van der Waals surface area contributed by atoms with Crippen LogP contribution in [0.15, 0.2) is 18.2 Å². The molecule has 1 aromatic rings. The Morgan fingerprint density at radius 3 is 2.44 bits per heavy atom. The predicted octanol–water partition coefficient (Wildman–Crippen LogP) is 0.933. The highest BCUT2D eigenvalue weighted by Crippen LogP contribution is 2.14. The number of carbonyl (C=O) groups excluding carboxylic acids is 2. The third kappa shape index (κ3) is 2.73. The highest BCUT2D eigenvalue weighted by molar-refractivity contribution is 6.01. The van der Waals surface area contributed by atoms with Gasteiger partial charge in [-0.15, -0.1) is 0 Å². The molecule has 0 heterocycles. The van der Waals surface area contributed by atoms with Crippen LogP contribution in [0.3, 0.4) is 0 Å². The third-order valence-corrected chi connectivity index (χ3v) is 1.90. The number of amides is 1. The van der Waals surface area contributed by atoms with Gasteiger partial charge >= 0.3 is 5.97 Å². The smallest absolute Gasteiger partial charge is 0.338 e. The van der Waals surface area contributed by atoms with Crippen LogP contribution >= 0.6 is 0 Å². The number of benzene rings is 1. The van der Waals surface area contributed by atoms with E-state index in [1.165, 1.54) is 18.2 Å². The van der Waals surface area contributed by atoms with Gasteiger partial charge in [-0.05, 0) is 32.0 Å². The molecule has 0 saturated heterocycles. The first-order valence-corrected chi connectivity index (χ1v) is 4.82. The molecule has 0 saturated carbocycles. The van der Waals surface area contributed by atoms with Crippen molar-refractivity contribution >= 4 is 17.6 Å². The summed E-state index contributed by atoms with van der Waals surface area (Å²) < 4.78 is 4.98. The van der Waals surface area contributed by atoms with Gasteiger partial charge in [0.2, 0.25) is 0 Å². The van der Waals surface area contributed by atoms with Crippen LogP contribution in [0, 0.1) is 0 Å². The molecule has 0 atom stereocenters. The quantitative estimate of drug-likeness (QED) is 0.587. The number of nitrogens with two attached hydrogens (primary N) is 2. The Hall–Kier alpha value is -2.04. The maximum Gasteiger partial charge on any atom is 0.338 e. The SMILES string of the molecule is CC(C)OC(=O)c1ccc(N)c(C(N)=O)c1. The lowest BCUT2D eigenvalue weighted by Crippen LogP contribution is -2.16. The topological polar surface area (TPSA) is 95.4 Å². The molecule has 1 amide bonds. The van der Waals surface area contributed by atoms with E-state index in [9.17, 15) is 9.59 Å². The molecule has 5 heteroatoms. The Labute approximate surface area is 93.4 Å². The second-order valence-electron chi connectivity index (χ2n) is 3.62. The monoisotopic (exact) mass is 222 g/mol. The number of ether oxygens (including phenoxy) is 1. The van der Waals surface area contributed by atoms with Crippen LogP contribution in [-0.4, -0.2) is 18.0 Å². The minimum absolute atomic E-state index is 0.123. The van der Waals surface area contributed by atoms with E-state index < -0.39 is 11.9 Å². The van der Waals surface area contributed by atoms with Crippen LogP contribution in [0.4, 0.5) is 5.69 Å². The normalized spacial score (nSPS) is 10.2.